The summed E-state index contributed by atoms with van der Waals surface area (Å²) in [5.74, 6) is -0.167. The van der Waals surface area contributed by atoms with Gasteiger partial charge in [0.2, 0.25) is 5.82 Å². The molecule has 1 amide bonds. The zero-order chi connectivity index (χ0) is 15.3. The molecule has 1 aromatic heterocycles. The van der Waals surface area contributed by atoms with E-state index in [1.54, 1.807) is 36.4 Å². The van der Waals surface area contributed by atoms with E-state index < -0.39 is 6.17 Å². The van der Waals surface area contributed by atoms with Crippen molar-refractivity contribution in [1.82, 2.24) is 14.9 Å². The smallest absolute Gasteiger partial charge is 0.289 e. The van der Waals surface area contributed by atoms with E-state index in [-0.39, 0.29) is 23.0 Å². The fraction of sp³-hybridized carbons (Fsp3) is 0.0625. The maximum absolute atomic E-state index is 12.7. The van der Waals surface area contributed by atoms with Gasteiger partial charge in [0.25, 0.3) is 11.5 Å². The van der Waals surface area contributed by atoms with Gasteiger partial charge in [-0.3, -0.25) is 14.2 Å². The zero-order valence-corrected chi connectivity index (χ0v) is 11.4. The molecule has 4 rings (SSSR count). The fourth-order valence-corrected chi connectivity index (χ4v) is 2.69. The van der Waals surface area contributed by atoms with E-state index in [1.807, 2.05) is 0 Å². The number of aromatic nitrogens is 2. The Balaban J connectivity index is 1.99. The molecule has 6 nitrogen and oxygen atoms in total. The van der Waals surface area contributed by atoms with Gasteiger partial charge < -0.3 is 10.4 Å². The summed E-state index contributed by atoms with van der Waals surface area (Å²) >= 11 is 0. The first-order valence-corrected chi connectivity index (χ1v) is 6.76. The number of hydrogen-bond acceptors (Lipinski definition) is 4. The van der Waals surface area contributed by atoms with Crippen LogP contribution < -0.4 is 10.9 Å². The van der Waals surface area contributed by atoms with Gasteiger partial charge in [-0.05, 0) is 29.8 Å². The second kappa shape index (κ2) is 4.42. The molecule has 2 aromatic carbocycles. The van der Waals surface area contributed by atoms with Crippen molar-refractivity contribution in [3.8, 4) is 5.75 Å². The quantitative estimate of drug-likeness (QED) is 0.710. The van der Waals surface area contributed by atoms with Crippen molar-refractivity contribution >= 4 is 16.8 Å². The molecule has 2 heterocycles. The van der Waals surface area contributed by atoms with Crippen molar-refractivity contribution in [1.29, 1.82) is 0 Å². The number of amides is 1. The molecule has 0 saturated heterocycles. The van der Waals surface area contributed by atoms with Crippen LogP contribution in [0.3, 0.4) is 0 Å². The zero-order valence-electron chi connectivity index (χ0n) is 11.4. The SMILES string of the molecule is O=C1N[C@@H](c2ccc(O)cc2)n2c1nc1ccccc1c2=O. The monoisotopic (exact) mass is 293 g/mol. The van der Waals surface area contributed by atoms with Crippen LogP contribution in [-0.4, -0.2) is 20.6 Å². The van der Waals surface area contributed by atoms with Gasteiger partial charge in [-0.2, -0.15) is 0 Å². The number of phenolic OH excluding ortho intramolecular Hbond substituents is 1. The maximum atomic E-state index is 12.7. The van der Waals surface area contributed by atoms with Crippen LogP contribution in [-0.2, 0) is 0 Å². The van der Waals surface area contributed by atoms with Crippen molar-refractivity contribution in [2.45, 2.75) is 6.17 Å². The van der Waals surface area contributed by atoms with Gasteiger partial charge in [-0.1, -0.05) is 24.3 Å². The molecule has 3 aromatic rings. The van der Waals surface area contributed by atoms with Gasteiger partial charge in [0.1, 0.15) is 11.9 Å². The number of fused-ring (bicyclic) bond motifs is 2. The first-order chi connectivity index (χ1) is 10.6. The van der Waals surface area contributed by atoms with Gasteiger partial charge in [-0.25, -0.2) is 4.98 Å². The summed E-state index contributed by atoms with van der Waals surface area (Å²) in [5, 5.41) is 12.6. The maximum Gasteiger partial charge on any atom is 0.289 e. The van der Waals surface area contributed by atoms with E-state index in [9.17, 15) is 14.7 Å². The number of nitrogens with zero attached hydrogens (tertiary/aromatic N) is 2. The summed E-state index contributed by atoms with van der Waals surface area (Å²) in [5.41, 5.74) is 0.932. The number of hydrogen-bond donors (Lipinski definition) is 2. The van der Waals surface area contributed by atoms with Crippen LogP contribution in [0.15, 0.2) is 53.3 Å². The average molecular weight is 293 g/mol. The van der Waals surface area contributed by atoms with E-state index in [2.05, 4.69) is 10.3 Å². The highest BCUT2D eigenvalue weighted by molar-refractivity contribution is 5.95. The number of benzene rings is 2. The Morgan fingerprint density at radius 3 is 2.55 bits per heavy atom. The molecule has 1 aliphatic heterocycles. The number of carbonyl (C=O) groups is 1. The van der Waals surface area contributed by atoms with Crippen LogP contribution in [0.25, 0.3) is 10.9 Å². The van der Waals surface area contributed by atoms with Crippen molar-refractivity contribution in [2.75, 3.05) is 0 Å². The highest BCUT2D eigenvalue weighted by Crippen LogP contribution is 2.24. The number of rotatable bonds is 1. The first-order valence-electron chi connectivity index (χ1n) is 6.76. The summed E-state index contributed by atoms with van der Waals surface area (Å²) in [6.45, 7) is 0. The Morgan fingerprint density at radius 1 is 1.05 bits per heavy atom. The number of carbonyl (C=O) groups excluding carboxylic acids is 1. The fourth-order valence-electron chi connectivity index (χ4n) is 2.69. The molecule has 0 spiro atoms. The average Bonchev–Trinajstić information content (AvgIpc) is 2.86. The van der Waals surface area contributed by atoms with E-state index in [0.717, 1.165) is 0 Å². The molecular formula is C16H11N3O3. The number of nitrogens with one attached hydrogen (secondary N) is 1. The third-order valence-corrected chi connectivity index (χ3v) is 3.75. The lowest BCUT2D eigenvalue weighted by Gasteiger charge is -2.14. The van der Waals surface area contributed by atoms with Gasteiger partial charge in [0, 0.05) is 0 Å². The van der Waals surface area contributed by atoms with Crippen LogP contribution in [0.2, 0.25) is 0 Å². The van der Waals surface area contributed by atoms with Gasteiger partial charge >= 0.3 is 0 Å². The predicted molar refractivity (Wildman–Crippen MR) is 79.7 cm³/mol. The summed E-state index contributed by atoms with van der Waals surface area (Å²) in [7, 11) is 0. The molecule has 0 fully saturated rings. The lowest BCUT2D eigenvalue weighted by atomic mass is 10.1. The summed E-state index contributed by atoms with van der Waals surface area (Å²) in [4.78, 5) is 29.1. The van der Waals surface area contributed by atoms with E-state index in [0.29, 0.717) is 16.5 Å². The molecular weight excluding hydrogens is 282 g/mol. The van der Waals surface area contributed by atoms with Crippen LogP contribution >= 0.6 is 0 Å². The highest BCUT2D eigenvalue weighted by atomic mass is 16.3. The Labute approximate surface area is 124 Å². The predicted octanol–water partition coefficient (Wildman–Crippen LogP) is 1.39. The van der Waals surface area contributed by atoms with Crippen LogP contribution in [0.4, 0.5) is 0 Å². The standard InChI is InChI=1S/C16H11N3O3/c20-10-7-5-9(6-8-10)13-18-15(21)14-17-12-4-2-1-3-11(12)16(22)19(13)14/h1-8,13,20H,(H,18,21)/t13-/m1/s1. The largest absolute Gasteiger partial charge is 0.508 e. The van der Waals surface area contributed by atoms with Crippen molar-refractivity contribution in [3.05, 3.63) is 70.3 Å². The molecule has 1 atom stereocenters. The molecule has 0 aliphatic carbocycles. The summed E-state index contributed by atoms with van der Waals surface area (Å²) in [6.07, 6.45) is -0.618. The van der Waals surface area contributed by atoms with Gasteiger partial charge in [0.05, 0.1) is 10.9 Å². The molecule has 22 heavy (non-hydrogen) atoms. The van der Waals surface area contributed by atoms with Crippen LogP contribution in [0.5, 0.6) is 5.75 Å². The molecule has 0 unspecified atom stereocenters. The van der Waals surface area contributed by atoms with Crippen molar-refractivity contribution < 1.29 is 9.90 Å². The molecule has 1 aliphatic rings. The lowest BCUT2D eigenvalue weighted by Crippen LogP contribution is -2.28. The molecule has 0 radical (unpaired) electrons. The lowest BCUT2D eigenvalue weighted by molar-refractivity contribution is 0.0956. The minimum atomic E-state index is -0.618. The normalized spacial score (nSPS) is 16.5. The Kier molecular flexibility index (Phi) is 2.53. The van der Waals surface area contributed by atoms with E-state index in [4.69, 9.17) is 0 Å². The van der Waals surface area contributed by atoms with Gasteiger partial charge in [0.15, 0.2) is 0 Å². The minimum absolute atomic E-state index is 0.0989. The molecule has 6 heteroatoms. The molecule has 2 N–H and O–H groups in total. The van der Waals surface area contributed by atoms with Crippen LogP contribution in [0, 0.1) is 0 Å². The first kappa shape index (κ1) is 12.6. The molecule has 108 valence electrons. The van der Waals surface area contributed by atoms with Gasteiger partial charge in [-0.15, -0.1) is 0 Å². The van der Waals surface area contributed by atoms with E-state index >= 15 is 0 Å². The topological polar surface area (TPSA) is 84.2 Å². The Morgan fingerprint density at radius 2 is 1.77 bits per heavy atom. The number of phenols is 1. The van der Waals surface area contributed by atoms with E-state index in [1.165, 1.54) is 16.7 Å². The summed E-state index contributed by atoms with van der Waals surface area (Å²) in [6, 6.07) is 13.3. The van der Waals surface area contributed by atoms with Crippen molar-refractivity contribution in [2.24, 2.45) is 0 Å². The van der Waals surface area contributed by atoms with Crippen LogP contribution in [0.1, 0.15) is 22.3 Å². The Hall–Kier alpha value is -3.15. The summed E-state index contributed by atoms with van der Waals surface area (Å²) < 4.78 is 1.36. The molecule has 0 saturated carbocycles. The second-order valence-corrected chi connectivity index (χ2v) is 5.10. The molecule has 0 bridgehead atoms. The minimum Gasteiger partial charge on any atom is -0.508 e. The third kappa shape index (κ3) is 1.70. The Bertz CT molecular complexity index is 961. The second-order valence-electron chi connectivity index (χ2n) is 5.10. The van der Waals surface area contributed by atoms with Crippen molar-refractivity contribution in [3.63, 3.8) is 0 Å². The highest BCUT2D eigenvalue weighted by Gasteiger charge is 2.32. The third-order valence-electron chi connectivity index (χ3n) is 3.75. The number of para-hydroxylation sites is 1. The number of aromatic hydroxyl groups is 1.